The molecule has 3 N–H and O–H groups in total. The largest absolute Gasteiger partial charge is 0.478 e. The monoisotopic (exact) mass is 666 g/mol. The van der Waals surface area contributed by atoms with E-state index in [0.717, 1.165) is 0 Å². The van der Waals surface area contributed by atoms with Crippen molar-refractivity contribution in [3.8, 4) is 5.69 Å². The Morgan fingerprint density at radius 3 is 2.12 bits per heavy atom. The number of thioether (sulfide) groups is 1. The van der Waals surface area contributed by atoms with Crippen LogP contribution in [0, 0.1) is 6.92 Å². The third kappa shape index (κ3) is 6.18. The fraction of sp³-hybridized carbons (Fsp3) is 0.143. The maximum absolute atomic E-state index is 13.2. The van der Waals surface area contributed by atoms with E-state index >= 15 is 0 Å². The van der Waals surface area contributed by atoms with Crippen molar-refractivity contribution in [2.75, 3.05) is 10.6 Å². The molecule has 218 valence electrons. The molecule has 1 heterocycles. The number of hydrogen-bond donors (Lipinski definition) is 3. The molecule has 0 bridgehead atoms. The molecular formula is C28H22Cl4N4O5S. The van der Waals surface area contributed by atoms with Gasteiger partial charge in [-0.25, -0.2) is 9.48 Å². The number of benzene rings is 3. The van der Waals surface area contributed by atoms with Gasteiger partial charge in [-0.1, -0.05) is 70.7 Å². The normalized spacial score (nSPS) is 11.7. The van der Waals surface area contributed by atoms with E-state index in [1.54, 1.807) is 62.0 Å². The highest BCUT2D eigenvalue weighted by molar-refractivity contribution is 8.00. The van der Waals surface area contributed by atoms with E-state index in [2.05, 4.69) is 10.6 Å². The van der Waals surface area contributed by atoms with Gasteiger partial charge in [-0.15, -0.1) is 11.8 Å². The zero-order valence-corrected chi connectivity index (χ0v) is 26.0. The van der Waals surface area contributed by atoms with E-state index in [4.69, 9.17) is 46.4 Å². The standard InChI is InChI=1S/C28H22Cl4N4O5S/c1-13-24(27(39)36(35(13)3)16-9-5-4-6-10-16)34-25(37)14(2)42-17-11-7-8-15(12-17)33-26(38)18-19(28(40)41)21(30)23(32)22(31)20(18)29/h4-12,14H,1-3H3,(H,33,38)(H,34,37)(H,40,41). The van der Waals surface area contributed by atoms with Crippen molar-refractivity contribution in [1.82, 2.24) is 9.36 Å². The Balaban J connectivity index is 1.52. The van der Waals surface area contributed by atoms with Gasteiger partial charge in [0.05, 0.1) is 47.8 Å². The minimum Gasteiger partial charge on any atom is -0.478 e. The third-order valence-electron chi connectivity index (χ3n) is 6.28. The fourth-order valence-corrected chi connectivity index (χ4v) is 6.03. The first-order valence-corrected chi connectivity index (χ1v) is 14.5. The van der Waals surface area contributed by atoms with Crippen LogP contribution >= 0.6 is 58.2 Å². The molecule has 0 radical (unpaired) electrons. The highest BCUT2D eigenvalue weighted by Gasteiger charge is 2.29. The summed E-state index contributed by atoms with van der Waals surface area (Å²) in [6.07, 6.45) is 0. The number of carbonyl (C=O) groups excluding carboxylic acids is 2. The number of aromatic carboxylic acids is 1. The molecular weight excluding hydrogens is 646 g/mol. The van der Waals surface area contributed by atoms with E-state index in [1.807, 2.05) is 18.2 Å². The second kappa shape index (κ2) is 12.8. The molecule has 0 spiro atoms. The molecule has 3 aromatic carbocycles. The predicted octanol–water partition coefficient (Wildman–Crippen LogP) is 7.17. The van der Waals surface area contributed by atoms with Crippen LogP contribution in [0.15, 0.2) is 64.3 Å². The summed E-state index contributed by atoms with van der Waals surface area (Å²) >= 11 is 25.4. The number of carboxylic acids is 1. The van der Waals surface area contributed by atoms with Crippen LogP contribution in [-0.4, -0.2) is 37.5 Å². The minimum atomic E-state index is -1.51. The van der Waals surface area contributed by atoms with Crippen LogP contribution < -0.4 is 16.2 Å². The van der Waals surface area contributed by atoms with Crippen LogP contribution in [0.2, 0.25) is 20.1 Å². The van der Waals surface area contributed by atoms with Crippen molar-refractivity contribution in [2.45, 2.75) is 24.0 Å². The van der Waals surface area contributed by atoms with Gasteiger partial charge in [0.2, 0.25) is 5.91 Å². The van der Waals surface area contributed by atoms with Gasteiger partial charge in [0, 0.05) is 17.6 Å². The molecule has 0 aliphatic heterocycles. The van der Waals surface area contributed by atoms with Gasteiger partial charge in [-0.3, -0.25) is 19.1 Å². The highest BCUT2D eigenvalue weighted by Crippen LogP contribution is 2.42. The summed E-state index contributed by atoms with van der Waals surface area (Å²) in [5, 5.41) is 13.0. The lowest BCUT2D eigenvalue weighted by molar-refractivity contribution is -0.115. The van der Waals surface area contributed by atoms with Gasteiger partial charge in [0.1, 0.15) is 5.69 Å². The number of halogens is 4. The Hall–Kier alpha value is -3.41. The number of carboxylic acid groups (broad SMARTS) is 1. The van der Waals surface area contributed by atoms with Crippen molar-refractivity contribution >= 4 is 87.3 Å². The Bertz CT molecular complexity index is 1790. The summed E-state index contributed by atoms with van der Waals surface area (Å²) in [5.74, 6) is -2.79. The molecule has 0 aliphatic rings. The molecule has 42 heavy (non-hydrogen) atoms. The first-order valence-electron chi connectivity index (χ1n) is 12.2. The number of carbonyl (C=O) groups is 3. The number of para-hydroxylation sites is 1. The zero-order chi connectivity index (χ0) is 30.9. The molecule has 1 atom stereocenters. The van der Waals surface area contributed by atoms with Crippen molar-refractivity contribution in [2.24, 2.45) is 7.05 Å². The SMILES string of the molecule is Cc1c(NC(=O)C(C)Sc2cccc(NC(=O)c3c(Cl)c(Cl)c(Cl)c(Cl)c3C(=O)O)c2)c(=O)n(-c2ccccc2)n1C. The maximum atomic E-state index is 13.2. The summed E-state index contributed by atoms with van der Waals surface area (Å²) < 4.78 is 3.14. The van der Waals surface area contributed by atoms with E-state index in [1.165, 1.54) is 16.4 Å². The number of amides is 2. The molecule has 0 aliphatic carbocycles. The van der Waals surface area contributed by atoms with Gasteiger partial charge in [0.15, 0.2) is 0 Å². The molecule has 4 aromatic rings. The van der Waals surface area contributed by atoms with Gasteiger partial charge in [-0.05, 0) is 44.2 Å². The van der Waals surface area contributed by atoms with Gasteiger partial charge < -0.3 is 15.7 Å². The first-order chi connectivity index (χ1) is 19.8. The summed E-state index contributed by atoms with van der Waals surface area (Å²) in [6.45, 7) is 3.42. The Morgan fingerprint density at radius 1 is 0.881 bits per heavy atom. The summed E-state index contributed by atoms with van der Waals surface area (Å²) in [7, 11) is 1.73. The third-order valence-corrected chi connectivity index (χ3v) is 9.18. The topological polar surface area (TPSA) is 122 Å². The average Bonchev–Trinajstić information content (AvgIpc) is 3.16. The highest BCUT2D eigenvalue weighted by atomic mass is 35.5. The molecule has 1 unspecified atom stereocenters. The van der Waals surface area contributed by atoms with E-state index in [-0.39, 0.29) is 32.0 Å². The van der Waals surface area contributed by atoms with E-state index in [0.29, 0.717) is 16.3 Å². The number of aromatic nitrogens is 2. The quantitative estimate of drug-likeness (QED) is 0.104. The molecule has 4 rings (SSSR count). The average molecular weight is 668 g/mol. The number of nitrogens with one attached hydrogen (secondary N) is 2. The number of anilines is 2. The second-order valence-electron chi connectivity index (χ2n) is 8.98. The Labute approximate surface area is 264 Å². The Kier molecular flexibility index (Phi) is 9.64. The second-order valence-corrected chi connectivity index (χ2v) is 11.9. The van der Waals surface area contributed by atoms with Crippen molar-refractivity contribution in [3.05, 3.63) is 102 Å². The predicted molar refractivity (Wildman–Crippen MR) is 168 cm³/mol. The fourth-order valence-electron chi connectivity index (χ4n) is 4.08. The van der Waals surface area contributed by atoms with E-state index in [9.17, 15) is 24.3 Å². The van der Waals surface area contributed by atoms with Crippen LogP contribution in [0.5, 0.6) is 0 Å². The number of nitrogens with zero attached hydrogens (tertiary/aromatic N) is 2. The summed E-state index contributed by atoms with van der Waals surface area (Å²) in [5.41, 5.74) is 0.303. The molecule has 14 heteroatoms. The van der Waals surface area contributed by atoms with Crippen LogP contribution in [-0.2, 0) is 11.8 Å². The molecule has 9 nitrogen and oxygen atoms in total. The minimum absolute atomic E-state index is 0.172. The summed E-state index contributed by atoms with van der Waals surface area (Å²) in [4.78, 5) is 51.8. The maximum Gasteiger partial charge on any atom is 0.338 e. The van der Waals surface area contributed by atoms with Crippen molar-refractivity contribution < 1.29 is 19.5 Å². The molecule has 0 fully saturated rings. The lowest BCUT2D eigenvalue weighted by Crippen LogP contribution is -2.27. The van der Waals surface area contributed by atoms with Crippen molar-refractivity contribution in [1.29, 1.82) is 0 Å². The van der Waals surface area contributed by atoms with Crippen LogP contribution in [0.3, 0.4) is 0 Å². The molecule has 2 amide bonds. The smallest absolute Gasteiger partial charge is 0.338 e. The van der Waals surface area contributed by atoms with Gasteiger partial charge in [0.25, 0.3) is 11.5 Å². The lowest BCUT2D eigenvalue weighted by atomic mass is 10.1. The zero-order valence-electron chi connectivity index (χ0n) is 22.2. The number of hydrogen-bond acceptors (Lipinski definition) is 5. The summed E-state index contributed by atoms with van der Waals surface area (Å²) in [6, 6.07) is 15.6. The molecule has 0 saturated heterocycles. The first kappa shape index (κ1) is 31.5. The van der Waals surface area contributed by atoms with E-state index < -0.39 is 39.2 Å². The molecule has 0 saturated carbocycles. The molecule has 1 aromatic heterocycles. The number of rotatable bonds is 8. The van der Waals surface area contributed by atoms with Gasteiger partial charge >= 0.3 is 5.97 Å². The van der Waals surface area contributed by atoms with Crippen LogP contribution in [0.1, 0.15) is 33.3 Å². The Morgan fingerprint density at radius 2 is 1.50 bits per heavy atom. The van der Waals surface area contributed by atoms with Crippen LogP contribution in [0.25, 0.3) is 5.69 Å². The van der Waals surface area contributed by atoms with Crippen molar-refractivity contribution in [3.63, 3.8) is 0 Å². The lowest BCUT2D eigenvalue weighted by Gasteiger charge is -2.15. The van der Waals surface area contributed by atoms with Crippen LogP contribution in [0.4, 0.5) is 11.4 Å². The van der Waals surface area contributed by atoms with Gasteiger partial charge in [-0.2, -0.15) is 0 Å².